The van der Waals surface area contributed by atoms with Gasteiger partial charge < -0.3 is 14.6 Å². The molecule has 0 bridgehead atoms. The molecule has 1 saturated carbocycles. The highest BCUT2D eigenvalue weighted by Gasteiger charge is 2.24. The number of likely N-dealkylation sites (tertiary alicyclic amines) is 1. The third-order valence-electron chi connectivity index (χ3n) is 5.12. The molecule has 1 aliphatic heterocycles. The van der Waals surface area contributed by atoms with Gasteiger partial charge >= 0.3 is 0 Å². The normalized spacial score (nSPS) is 24.2. The predicted octanol–water partition coefficient (Wildman–Crippen LogP) is 3.38. The molecule has 1 aromatic carbocycles. The third kappa shape index (κ3) is 6.24. The van der Waals surface area contributed by atoms with Gasteiger partial charge in [0, 0.05) is 13.1 Å². The molecule has 25 heavy (non-hydrogen) atoms. The number of β-amino-alcohol motifs (C(OH)–C–C–N with tert-alkyl or cyclic N) is 1. The van der Waals surface area contributed by atoms with Crippen LogP contribution in [0.25, 0.3) is 0 Å². The van der Waals surface area contributed by atoms with E-state index < -0.39 is 6.10 Å². The van der Waals surface area contributed by atoms with Gasteiger partial charge in [-0.05, 0) is 56.5 Å². The lowest BCUT2D eigenvalue weighted by Gasteiger charge is -2.34. The average molecular weight is 351 g/mol. The van der Waals surface area contributed by atoms with E-state index in [1.807, 2.05) is 0 Å². The van der Waals surface area contributed by atoms with E-state index in [2.05, 4.69) is 4.90 Å². The molecule has 4 nitrogen and oxygen atoms in total. The fourth-order valence-electron chi connectivity index (χ4n) is 3.81. The number of hydrogen-bond acceptors (Lipinski definition) is 4. The van der Waals surface area contributed by atoms with Crippen LogP contribution < -0.4 is 4.74 Å². The first kappa shape index (κ1) is 18.6. The van der Waals surface area contributed by atoms with Crippen LogP contribution in [0.5, 0.6) is 5.75 Å². The lowest BCUT2D eigenvalue weighted by Crippen LogP contribution is -2.45. The topological polar surface area (TPSA) is 41.9 Å². The minimum absolute atomic E-state index is 0.0886. The monoisotopic (exact) mass is 351 g/mol. The largest absolute Gasteiger partial charge is 0.489 e. The summed E-state index contributed by atoms with van der Waals surface area (Å²) in [4.78, 5) is 2.24. The number of hydrogen-bond donors (Lipinski definition) is 1. The highest BCUT2D eigenvalue weighted by molar-refractivity contribution is 5.22. The quantitative estimate of drug-likeness (QED) is 0.818. The molecule has 2 atom stereocenters. The Morgan fingerprint density at radius 2 is 1.76 bits per heavy atom. The van der Waals surface area contributed by atoms with Gasteiger partial charge in [0.05, 0.1) is 18.8 Å². The van der Waals surface area contributed by atoms with Crippen LogP contribution in [0, 0.1) is 5.82 Å². The molecule has 3 rings (SSSR count). The van der Waals surface area contributed by atoms with E-state index in [0.29, 0.717) is 25.0 Å². The zero-order valence-electron chi connectivity index (χ0n) is 14.9. The second-order valence-electron chi connectivity index (χ2n) is 7.34. The number of aliphatic hydroxyl groups is 1. The van der Waals surface area contributed by atoms with E-state index in [9.17, 15) is 9.50 Å². The van der Waals surface area contributed by atoms with Crippen LogP contribution in [-0.4, -0.2) is 54.6 Å². The van der Waals surface area contributed by atoms with Crippen LogP contribution >= 0.6 is 0 Å². The number of halogens is 1. The maximum Gasteiger partial charge on any atom is 0.123 e. The number of benzene rings is 1. The molecule has 1 aromatic rings. The summed E-state index contributed by atoms with van der Waals surface area (Å²) < 4.78 is 24.8. The van der Waals surface area contributed by atoms with Gasteiger partial charge in [-0.1, -0.05) is 19.3 Å². The molecule has 0 radical (unpaired) electrons. The van der Waals surface area contributed by atoms with Gasteiger partial charge in [0.15, 0.2) is 0 Å². The summed E-state index contributed by atoms with van der Waals surface area (Å²) >= 11 is 0. The van der Waals surface area contributed by atoms with Crippen LogP contribution in [0.2, 0.25) is 0 Å². The molecule has 140 valence electrons. The van der Waals surface area contributed by atoms with Crippen LogP contribution in [0.3, 0.4) is 0 Å². The van der Waals surface area contributed by atoms with Crippen molar-refractivity contribution in [1.82, 2.24) is 4.90 Å². The zero-order chi connectivity index (χ0) is 17.5. The Kier molecular flexibility index (Phi) is 7.08. The Morgan fingerprint density at radius 1 is 1.04 bits per heavy atom. The maximum absolute atomic E-state index is 13.0. The molecule has 1 heterocycles. The first-order valence-electron chi connectivity index (χ1n) is 9.63. The molecule has 2 fully saturated rings. The molecule has 0 spiro atoms. The minimum atomic E-state index is -0.452. The van der Waals surface area contributed by atoms with Crippen molar-refractivity contribution in [3.8, 4) is 5.75 Å². The summed E-state index contributed by atoms with van der Waals surface area (Å²) in [6.07, 6.45) is 8.06. The number of nitrogens with zero attached hydrogens (tertiary/aromatic N) is 1. The second kappa shape index (κ2) is 9.51. The number of ether oxygens (including phenoxy) is 2. The SMILES string of the molecule is O[C@@H](COC1CCCCC1)CN1CCC[C@@H](Oc2ccc(F)cc2)C1. The van der Waals surface area contributed by atoms with Crippen LogP contribution in [0.15, 0.2) is 24.3 Å². The van der Waals surface area contributed by atoms with Crippen LogP contribution in [0.4, 0.5) is 4.39 Å². The molecule has 5 heteroatoms. The summed E-state index contributed by atoms with van der Waals surface area (Å²) in [7, 11) is 0. The lowest BCUT2D eigenvalue weighted by molar-refractivity contribution is -0.0391. The van der Waals surface area contributed by atoms with Crippen molar-refractivity contribution >= 4 is 0 Å². The Balaban J connectivity index is 1.39. The Bertz CT molecular complexity index is 504. The smallest absolute Gasteiger partial charge is 0.123 e. The van der Waals surface area contributed by atoms with Gasteiger partial charge in [-0.3, -0.25) is 4.90 Å². The van der Waals surface area contributed by atoms with Crippen LogP contribution in [0.1, 0.15) is 44.9 Å². The highest BCUT2D eigenvalue weighted by Crippen LogP contribution is 2.21. The van der Waals surface area contributed by atoms with E-state index in [1.54, 1.807) is 12.1 Å². The summed E-state index contributed by atoms with van der Waals surface area (Å²) in [5.74, 6) is 0.452. The molecule has 0 aromatic heterocycles. The van der Waals surface area contributed by atoms with Gasteiger partial charge in [0.1, 0.15) is 17.7 Å². The van der Waals surface area contributed by atoms with Crippen molar-refractivity contribution in [2.75, 3.05) is 26.2 Å². The number of rotatable bonds is 7. The van der Waals surface area contributed by atoms with Crippen molar-refractivity contribution in [1.29, 1.82) is 0 Å². The first-order valence-corrected chi connectivity index (χ1v) is 9.63. The van der Waals surface area contributed by atoms with Crippen molar-refractivity contribution in [3.05, 3.63) is 30.1 Å². The van der Waals surface area contributed by atoms with Gasteiger partial charge in [0.25, 0.3) is 0 Å². The Morgan fingerprint density at radius 3 is 2.52 bits per heavy atom. The van der Waals surface area contributed by atoms with Crippen molar-refractivity contribution in [3.63, 3.8) is 0 Å². The summed E-state index contributed by atoms with van der Waals surface area (Å²) in [5.41, 5.74) is 0. The molecular formula is C20H30FNO3. The standard InChI is InChI=1S/C20H30FNO3/c21-16-8-10-19(11-9-16)25-20-7-4-12-22(14-20)13-17(23)15-24-18-5-2-1-3-6-18/h8-11,17-18,20,23H,1-7,12-15H2/t17-,20-/m1/s1. The molecule has 1 saturated heterocycles. The zero-order valence-corrected chi connectivity index (χ0v) is 14.9. The van der Waals surface area contributed by atoms with Gasteiger partial charge in [-0.15, -0.1) is 0 Å². The van der Waals surface area contributed by atoms with Crippen molar-refractivity contribution in [2.24, 2.45) is 0 Å². The molecular weight excluding hydrogens is 321 g/mol. The summed E-state index contributed by atoms with van der Waals surface area (Å²) in [6.45, 7) is 2.81. The van der Waals surface area contributed by atoms with Crippen LogP contribution in [-0.2, 0) is 4.74 Å². The van der Waals surface area contributed by atoms with Crippen molar-refractivity contribution < 1.29 is 19.0 Å². The highest BCUT2D eigenvalue weighted by atomic mass is 19.1. The van der Waals surface area contributed by atoms with E-state index >= 15 is 0 Å². The third-order valence-corrected chi connectivity index (χ3v) is 5.12. The molecule has 0 unspecified atom stereocenters. The molecule has 1 N–H and O–H groups in total. The predicted molar refractivity (Wildman–Crippen MR) is 95.3 cm³/mol. The number of piperidine rings is 1. The van der Waals surface area contributed by atoms with E-state index in [-0.39, 0.29) is 11.9 Å². The molecule has 0 amide bonds. The summed E-state index contributed by atoms with van der Waals surface area (Å²) in [6, 6.07) is 6.17. The Hall–Kier alpha value is -1.17. The fraction of sp³-hybridized carbons (Fsp3) is 0.700. The second-order valence-corrected chi connectivity index (χ2v) is 7.34. The van der Waals surface area contributed by atoms with Gasteiger partial charge in [-0.2, -0.15) is 0 Å². The van der Waals surface area contributed by atoms with Gasteiger partial charge in [-0.25, -0.2) is 4.39 Å². The van der Waals surface area contributed by atoms with E-state index in [4.69, 9.17) is 9.47 Å². The summed E-state index contributed by atoms with van der Waals surface area (Å²) in [5, 5.41) is 10.3. The minimum Gasteiger partial charge on any atom is -0.489 e. The van der Waals surface area contributed by atoms with E-state index in [1.165, 1.54) is 31.4 Å². The number of aliphatic hydroxyl groups excluding tert-OH is 1. The molecule has 1 aliphatic carbocycles. The maximum atomic E-state index is 13.0. The lowest BCUT2D eigenvalue weighted by atomic mass is 9.98. The van der Waals surface area contributed by atoms with E-state index in [0.717, 1.165) is 38.8 Å². The Labute approximate surface area is 149 Å². The first-order chi connectivity index (χ1) is 12.2. The fourth-order valence-corrected chi connectivity index (χ4v) is 3.81. The van der Waals surface area contributed by atoms with Gasteiger partial charge in [0.2, 0.25) is 0 Å². The van der Waals surface area contributed by atoms with Crippen molar-refractivity contribution in [2.45, 2.75) is 63.3 Å². The average Bonchev–Trinajstić information content (AvgIpc) is 2.63. The molecule has 2 aliphatic rings.